The van der Waals surface area contributed by atoms with E-state index in [1.54, 1.807) is 12.1 Å². The highest BCUT2D eigenvalue weighted by molar-refractivity contribution is 7.89. The lowest BCUT2D eigenvalue weighted by atomic mass is 10.1. The molecule has 2 N–H and O–H groups in total. The van der Waals surface area contributed by atoms with E-state index in [1.807, 2.05) is 30.3 Å². The van der Waals surface area contributed by atoms with Crippen molar-refractivity contribution in [1.82, 2.24) is 9.62 Å². The van der Waals surface area contributed by atoms with E-state index in [-0.39, 0.29) is 28.9 Å². The lowest BCUT2D eigenvalue weighted by molar-refractivity contribution is -0.140. The number of amides is 1. The highest BCUT2D eigenvalue weighted by atomic mass is 35.5. The molecule has 2 aromatic rings. The monoisotopic (exact) mass is 533 g/mol. The number of methoxy groups -OCH3 is 1. The Morgan fingerprint density at radius 1 is 1.14 bits per heavy atom. The Morgan fingerprint density at radius 2 is 1.83 bits per heavy atom. The molecule has 36 heavy (non-hydrogen) atoms. The van der Waals surface area contributed by atoms with Gasteiger partial charge < -0.3 is 10.1 Å². The standard InChI is InChI=1S/C26H32ClN3O5S/c1-19(31)28-22-12-8-20(9-13-22)17-30-18-23(16-24(30)6-4-3-5-7-26(32)35-2)29-36(33,34)25-14-10-21(27)11-15-25/h4,6,8-15,23-24,29H,3,5,7,16-18H2,1-2H3,(H,28,31)/b6-4-/t23-,24-/m1/s1. The van der Waals surface area contributed by atoms with E-state index < -0.39 is 10.0 Å². The van der Waals surface area contributed by atoms with E-state index in [4.69, 9.17) is 11.6 Å². The smallest absolute Gasteiger partial charge is 0.305 e. The summed E-state index contributed by atoms with van der Waals surface area (Å²) in [6.07, 6.45) is 6.51. The van der Waals surface area contributed by atoms with Gasteiger partial charge in [0.2, 0.25) is 15.9 Å². The number of anilines is 1. The average molecular weight is 534 g/mol. The van der Waals surface area contributed by atoms with Crippen molar-refractivity contribution < 1.29 is 22.7 Å². The number of halogens is 1. The first-order valence-electron chi connectivity index (χ1n) is 11.8. The Bertz CT molecular complexity index is 1170. The maximum Gasteiger partial charge on any atom is 0.305 e. The van der Waals surface area contributed by atoms with Gasteiger partial charge in [-0.05, 0) is 61.2 Å². The number of carbonyl (C=O) groups excluding carboxylic acids is 2. The molecule has 1 heterocycles. The van der Waals surface area contributed by atoms with Gasteiger partial charge in [-0.3, -0.25) is 14.5 Å². The first-order chi connectivity index (χ1) is 17.2. The summed E-state index contributed by atoms with van der Waals surface area (Å²) in [4.78, 5) is 25.0. The van der Waals surface area contributed by atoms with Crippen LogP contribution < -0.4 is 10.0 Å². The van der Waals surface area contributed by atoms with Crippen LogP contribution in [0.5, 0.6) is 0 Å². The molecule has 0 spiro atoms. The summed E-state index contributed by atoms with van der Waals surface area (Å²) in [5.41, 5.74) is 1.78. The van der Waals surface area contributed by atoms with Crippen LogP contribution in [0.4, 0.5) is 5.69 Å². The number of allylic oxidation sites excluding steroid dienone is 1. The highest BCUT2D eigenvalue weighted by Crippen LogP contribution is 2.25. The van der Waals surface area contributed by atoms with Crippen molar-refractivity contribution in [2.75, 3.05) is 19.0 Å². The van der Waals surface area contributed by atoms with Crippen molar-refractivity contribution in [2.24, 2.45) is 0 Å². The quantitative estimate of drug-likeness (QED) is 0.256. The molecule has 10 heteroatoms. The molecule has 0 aliphatic carbocycles. The molecule has 1 aliphatic heterocycles. The average Bonchev–Trinajstić information content (AvgIpc) is 3.19. The second-order valence-electron chi connectivity index (χ2n) is 8.78. The normalized spacial score (nSPS) is 18.4. The highest BCUT2D eigenvalue weighted by Gasteiger charge is 2.33. The third-order valence-electron chi connectivity index (χ3n) is 5.89. The molecule has 2 aromatic carbocycles. The Kier molecular flexibility index (Phi) is 10.1. The Balaban J connectivity index is 1.69. The molecular formula is C26H32ClN3O5S. The number of unbranched alkanes of at least 4 members (excludes halogenated alkanes) is 1. The predicted molar refractivity (Wildman–Crippen MR) is 140 cm³/mol. The number of hydrogen-bond donors (Lipinski definition) is 2. The molecule has 8 nitrogen and oxygen atoms in total. The lowest BCUT2D eigenvalue weighted by Crippen LogP contribution is -2.37. The summed E-state index contributed by atoms with van der Waals surface area (Å²) in [5.74, 6) is -0.360. The molecule has 0 unspecified atom stereocenters. The molecule has 1 aliphatic rings. The number of rotatable bonds is 11. The van der Waals surface area contributed by atoms with Crippen molar-refractivity contribution in [1.29, 1.82) is 0 Å². The molecule has 2 atom stereocenters. The number of hydrogen-bond acceptors (Lipinski definition) is 6. The Labute approximate surface area is 217 Å². The van der Waals surface area contributed by atoms with E-state index in [0.717, 1.165) is 17.7 Å². The van der Waals surface area contributed by atoms with Crippen molar-refractivity contribution >= 4 is 39.2 Å². The molecule has 0 radical (unpaired) electrons. The summed E-state index contributed by atoms with van der Waals surface area (Å²) in [6.45, 7) is 2.62. The topological polar surface area (TPSA) is 105 Å². The van der Waals surface area contributed by atoms with Gasteiger partial charge >= 0.3 is 5.97 Å². The van der Waals surface area contributed by atoms with Gasteiger partial charge in [-0.25, -0.2) is 13.1 Å². The molecule has 0 aromatic heterocycles. The minimum absolute atomic E-state index is 0.0241. The second kappa shape index (κ2) is 13.0. The van der Waals surface area contributed by atoms with E-state index >= 15 is 0 Å². The fraction of sp³-hybridized carbons (Fsp3) is 0.385. The van der Waals surface area contributed by atoms with Crippen LogP contribution in [0.3, 0.4) is 0 Å². The van der Waals surface area contributed by atoms with Gasteiger partial charge in [-0.1, -0.05) is 35.9 Å². The molecule has 0 saturated carbocycles. The van der Waals surface area contributed by atoms with Crippen molar-refractivity contribution in [2.45, 2.75) is 56.1 Å². The fourth-order valence-electron chi connectivity index (χ4n) is 4.15. The second-order valence-corrected chi connectivity index (χ2v) is 10.9. The Hall–Kier alpha value is -2.72. The van der Waals surface area contributed by atoms with Crippen LogP contribution in [-0.4, -0.2) is 50.9 Å². The van der Waals surface area contributed by atoms with Crippen LogP contribution in [0.2, 0.25) is 5.02 Å². The lowest BCUT2D eigenvalue weighted by Gasteiger charge is -2.22. The van der Waals surface area contributed by atoms with E-state index in [1.165, 1.54) is 26.2 Å². The number of carbonyl (C=O) groups is 2. The predicted octanol–water partition coefficient (Wildman–Crippen LogP) is 4.12. The molecule has 1 amide bonds. The minimum Gasteiger partial charge on any atom is -0.469 e. The first kappa shape index (κ1) is 27.9. The van der Waals surface area contributed by atoms with Crippen molar-refractivity contribution in [3.8, 4) is 0 Å². The van der Waals surface area contributed by atoms with Gasteiger partial charge in [0.15, 0.2) is 0 Å². The summed E-state index contributed by atoms with van der Waals surface area (Å²) in [5, 5.41) is 3.23. The number of nitrogens with zero attached hydrogens (tertiary/aromatic N) is 1. The molecule has 1 saturated heterocycles. The van der Waals surface area contributed by atoms with Crippen LogP contribution in [0.15, 0.2) is 65.6 Å². The summed E-state index contributed by atoms with van der Waals surface area (Å²) in [6, 6.07) is 13.5. The molecule has 3 rings (SSSR count). The van der Waals surface area contributed by atoms with Crippen molar-refractivity contribution in [3.05, 3.63) is 71.3 Å². The molecule has 0 bridgehead atoms. The largest absolute Gasteiger partial charge is 0.469 e. The van der Waals surface area contributed by atoms with Gasteiger partial charge in [0, 0.05) is 49.2 Å². The Morgan fingerprint density at radius 3 is 2.47 bits per heavy atom. The summed E-state index contributed by atoms with van der Waals surface area (Å²) < 4.78 is 33.4. The van der Waals surface area contributed by atoms with Gasteiger partial charge in [-0.2, -0.15) is 0 Å². The number of ether oxygens (including phenoxy) is 1. The maximum absolute atomic E-state index is 12.9. The fourth-order valence-corrected chi connectivity index (χ4v) is 5.52. The molecule has 194 valence electrons. The van der Waals surface area contributed by atoms with Gasteiger partial charge in [0.05, 0.1) is 12.0 Å². The number of sulfonamides is 1. The first-order valence-corrected chi connectivity index (χ1v) is 13.6. The minimum atomic E-state index is -3.69. The van der Waals surface area contributed by atoms with E-state index in [2.05, 4.69) is 25.8 Å². The number of nitrogens with one attached hydrogen (secondary N) is 2. The van der Waals surface area contributed by atoms with E-state index in [9.17, 15) is 18.0 Å². The zero-order chi connectivity index (χ0) is 26.1. The summed E-state index contributed by atoms with van der Waals surface area (Å²) >= 11 is 5.90. The maximum atomic E-state index is 12.9. The molecule has 1 fully saturated rings. The van der Waals surface area contributed by atoms with E-state index in [0.29, 0.717) is 37.4 Å². The van der Waals surface area contributed by atoms with Crippen LogP contribution in [-0.2, 0) is 30.9 Å². The van der Waals surface area contributed by atoms with Crippen LogP contribution >= 0.6 is 11.6 Å². The number of benzene rings is 2. The van der Waals surface area contributed by atoms with Crippen molar-refractivity contribution in [3.63, 3.8) is 0 Å². The SMILES string of the molecule is COC(=O)CCC/C=C\[C@@H]1C[C@@H](NS(=O)(=O)c2ccc(Cl)cc2)CN1Cc1ccc(NC(C)=O)cc1. The van der Waals surface area contributed by atoms with Gasteiger partial charge in [-0.15, -0.1) is 0 Å². The number of likely N-dealkylation sites (tertiary alicyclic amines) is 1. The van der Waals surface area contributed by atoms with Crippen LogP contribution in [0.1, 0.15) is 38.2 Å². The zero-order valence-corrected chi connectivity index (χ0v) is 22.0. The third kappa shape index (κ3) is 8.44. The third-order valence-corrected chi connectivity index (χ3v) is 7.68. The summed E-state index contributed by atoms with van der Waals surface area (Å²) in [7, 11) is -2.31. The van der Waals surface area contributed by atoms with Gasteiger partial charge in [0.1, 0.15) is 0 Å². The van der Waals surface area contributed by atoms with Crippen LogP contribution in [0, 0.1) is 0 Å². The zero-order valence-electron chi connectivity index (χ0n) is 20.4. The molecular weight excluding hydrogens is 502 g/mol. The number of esters is 1. The van der Waals surface area contributed by atoms with Gasteiger partial charge in [0.25, 0.3) is 0 Å². The van der Waals surface area contributed by atoms with Crippen LogP contribution in [0.25, 0.3) is 0 Å².